The number of benzene rings is 1. The Labute approximate surface area is 125 Å². The Bertz CT molecular complexity index is 655. The fourth-order valence-corrected chi connectivity index (χ4v) is 2.34. The number of carbonyl (C=O) groups is 1. The molecule has 0 radical (unpaired) electrons. The van der Waals surface area contributed by atoms with Gasteiger partial charge in [-0.3, -0.25) is 0 Å². The Morgan fingerprint density at radius 2 is 1.86 bits per heavy atom. The maximum Gasteiger partial charge on any atom is 0.534 e. The van der Waals surface area contributed by atoms with E-state index in [0.717, 1.165) is 13.1 Å². The molecule has 0 amide bonds. The molecular formula is C12H13F3N2O4S. The monoisotopic (exact) mass is 338 g/mol. The van der Waals surface area contributed by atoms with E-state index in [4.69, 9.17) is 0 Å². The molecule has 1 aliphatic heterocycles. The zero-order valence-corrected chi connectivity index (χ0v) is 12.1. The highest BCUT2D eigenvalue weighted by molar-refractivity contribution is 7.88. The molecule has 1 fully saturated rings. The maximum atomic E-state index is 12.2. The van der Waals surface area contributed by atoms with Crippen molar-refractivity contribution < 1.29 is 30.6 Å². The quantitative estimate of drug-likeness (QED) is 0.657. The lowest BCUT2D eigenvalue weighted by atomic mass is 10.2. The average molecular weight is 338 g/mol. The Hall–Kier alpha value is -1.81. The summed E-state index contributed by atoms with van der Waals surface area (Å²) in [6.07, 6.45) is 0. The number of carbonyl (C=O) groups excluding carboxylic acids is 1. The predicted octanol–water partition coefficient (Wildman–Crippen LogP) is 1.10. The zero-order valence-electron chi connectivity index (χ0n) is 11.3. The van der Waals surface area contributed by atoms with E-state index in [1.807, 2.05) is 4.90 Å². The Kier molecular flexibility index (Phi) is 4.61. The van der Waals surface area contributed by atoms with Crippen LogP contribution in [0.4, 0.5) is 18.9 Å². The van der Waals surface area contributed by atoms with E-state index in [1.165, 1.54) is 18.2 Å². The summed E-state index contributed by atoms with van der Waals surface area (Å²) in [7, 11) is -5.96. The number of nitrogens with zero attached hydrogens (tertiary/aromatic N) is 1. The zero-order chi connectivity index (χ0) is 16.4. The Balaban J connectivity index is 2.17. The molecule has 1 N–H and O–H groups in total. The first-order valence-electron chi connectivity index (χ1n) is 6.31. The van der Waals surface area contributed by atoms with Crippen molar-refractivity contribution in [2.45, 2.75) is 5.51 Å². The summed E-state index contributed by atoms with van der Waals surface area (Å²) in [6, 6.07) is 5.63. The largest absolute Gasteiger partial charge is 0.534 e. The van der Waals surface area contributed by atoms with Crippen molar-refractivity contribution in [2.24, 2.45) is 0 Å². The van der Waals surface area contributed by atoms with Gasteiger partial charge in [0.25, 0.3) is 0 Å². The van der Waals surface area contributed by atoms with Gasteiger partial charge < -0.3 is 14.4 Å². The fraction of sp³-hybridized carbons (Fsp3) is 0.417. The van der Waals surface area contributed by atoms with E-state index in [0.29, 0.717) is 18.8 Å². The molecule has 1 aliphatic rings. The highest BCUT2D eigenvalue weighted by Crippen LogP contribution is 2.26. The SMILES string of the molecule is O=C(OS(=O)(=O)C(F)(F)F)c1cccc(N2CCNCC2)c1. The molecule has 2 rings (SSSR count). The lowest BCUT2D eigenvalue weighted by Gasteiger charge is -2.29. The van der Waals surface area contributed by atoms with E-state index in [9.17, 15) is 26.4 Å². The van der Waals surface area contributed by atoms with Crippen LogP contribution >= 0.6 is 0 Å². The fourth-order valence-electron chi connectivity index (χ4n) is 1.95. The van der Waals surface area contributed by atoms with Crippen LogP contribution in [0.3, 0.4) is 0 Å². The highest BCUT2D eigenvalue weighted by Gasteiger charge is 2.49. The minimum Gasteiger partial charge on any atom is -0.369 e. The summed E-state index contributed by atoms with van der Waals surface area (Å²) < 4.78 is 61.9. The van der Waals surface area contributed by atoms with Crippen molar-refractivity contribution in [3.63, 3.8) is 0 Å². The third-order valence-corrected chi connectivity index (χ3v) is 3.97. The molecular weight excluding hydrogens is 325 g/mol. The predicted molar refractivity (Wildman–Crippen MR) is 71.9 cm³/mol. The van der Waals surface area contributed by atoms with E-state index in [2.05, 4.69) is 9.50 Å². The molecule has 1 heterocycles. The number of piperazine rings is 1. The van der Waals surface area contributed by atoms with Crippen LogP contribution in [0.1, 0.15) is 10.4 Å². The molecule has 0 aliphatic carbocycles. The first-order valence-corrected chi connectivity index (χ1v) is 7.72. The van der Waals surface area contributed by atoms with Crippen molar-refractivity contribution in [3.8, 4) is 0 Å². The van der Waals surface area contributed by atoms with Crippen molar-refractivity contribution >= 4 is 21.8 Å². The molecule has 0 spiro atoms. The highest BCUT2D eigenvalue weighted by atomic mass is 32.2. The van der Waals surface area contributed by atoms with Gasteiger partial charge in [-0.1, -0.05) is 6.07 Å². The second-order valence-electron chi connectivity index (χ2n) is 4.56. The molecule has 0 aromatic heterocycles. The summed E-state index contributed by atoms with van der Waals surface area (Å²) >= 11 is 0. The van der Waals surface area contributed by atoms with E-state index in [-0.39, 0.29) is 5.56 Å². The average Bonchev–Trinajstić information content (AvgIpc) is 2.47. The number of hydrogen-bond acceptors (Lipinski definition) is 6. The van der Waals surface area contributed by atoms with E-state index < -0.39 is 21.6 Å². The topological polar surface area (TPSA) is 75.7 Å². The number of anilines is 1. The van der Waals surface area contributed by atoms with Crippen molar-refractivity contribution in [2.75, 3.05) is 31.1 Å². The summed E-state index contributed by atoms with van der Waals surface area (Å²) in [5.74, 6) is -1.56. The van der Waals surface area contributed by atoms with Crippen molar-refractivity contribution in [1.82, 2.24) is 5.32 Å². The van der Waals surface area contributed by atoms with Crippen LogP contribution in [-0.2, 0) is 14.3 Å². The van der Waals surface area contributed by atoms with Gasteiger partial charge in [-0.25, -0.2) is 4.79 Å². The van der Waals surface area contributed by atoms with Gasteiger partial charge in [0.05, 0.1) is 5.56 Å². The molecule has 1 aromatic rings. The molecule has 22 heavy (non-hydrogen) atoms. The lowest BCUT2D eigenvalue weighted by Crippen LogP contribution is -2.43. The van der Waals surface area contributed by atoms with E-state index in [1.54, 1.807) is 6.07 Å². The number of nitrogens with one attached hydrogen (secondary N) is 1. The first-order chi connectivity index (χ1) is 10.2. The van der Waals surface area contributed by atoms with Crippen LogP contribution in [0.2, 0.25) is 0 Å². The maximum absolute atomic E-state index is 12.2. The Morgan fingerprint density at radius 1 is 1.23 bits per heavy atom. The van der Waals surface area contributed by atoms with Gasteiger partial charge >= 0.3 is 21.6 Å². The molecule has 0 saturated carbocycles. The van der Waals surface area contributed by atoms with Gasteiger partial charge in [-0.15, -0.1) is 0 Å². The molecule has 1 aromatic carbocycles. The van der Waals surface area contributed by atoms with E-state index >= 15 is 0 Å². The van der Waals surface area contributed by atoms with Crippen LogP contribution in [0, 0.1) is 0 Å². The van der Waals surface area contributed by atoms with Crippen LogP contribution in [0.15, 0.2) is 24.3 Å². The van der Waals surface area contributed by atoms with Crippen LogP contribution in [-0.4, -0.2) is 46.1 Å². The molecule has 0 unspecified atom stereocenters. The van der Waals surface area contributed by atoms with Gasteiger partial charge in [-0.05, 0) is 18.2 Å². The molecule has 10 heteroatoms. The second-order valence-corrected chi connectivity index (χ2v) is 6.10. The minimum atomic E-state index is -5.96. The third kappa shape index (κ3) is 3.69. The van der Waals surface area contributed by atoms with Crippen LogP contribution in [0.5, 0.6) is 0 Å². The summed E-state index contributed by atoms with van der Waals surface area (Å²) in [5.41, 5.74) is -5.29. The Morgan fingerprint density at radius 3 is 2.45 bits per heavy atom. The number of alkyl halides is 3. The smallest absolute Gasteiger partial charge is 0.369 e. The minimum absolute atomic E-state index is 0.260. The lowest BCUT2D eigenvalue weighted by molar-refractivity contribution is -0.0525. The standard InChI is InChI=1S/C12H13F3N2O4S/c13-12(14,15)22(19,20)21-11(18)9-2-1-3-10(8-9)17-6-4-16-5-7-17/h1-3,8,16H,4-7H2. The number of rotatable bonds is 3. The summed E-state index contributed by atoms with van der Waals surface area (Å²) in [6.45, 7) is 2.80. The van der Waals surface area contributed by atoms with Crippen LogP contribution in [0.25, 0.3) is 0 Å². The molecule has 1 saturated heterocycles. The van der Waals surface area contributed by atoms with Crippen LogP contribution < -0.4 is 10.2 Å². The molecule has 0 atom stereocenters. The molecule has 6 nitrogen and oxygen atoms in total. The number of halogens is 3. The number of hydrogen-bond donors (Lipinski definition) is 1. The van der Waals surface area contributed by atoms with Gasteiger partial charge in [-0.2, -0.15) is 21.6 Å². The molecule has 0 bridgehead atoms. The van der Waals surface area contributed by atoms with Gasteiger partial charge in [0.15, 0.2) is 0 Å². The third-order valence-electron chi connectivity index (χ3n) is 3.03. The molecule has 122 valence electrons. The normalized spacial score (nSPS) is 16.4. The summed E-state index contributed by atoms with van der Waals surface area (Å²) in [5, 5.41) is 3.13. The summed E-state index contributed by atoms with van der Waals surface area (Å²) in [4.78, 5) is 13.5. The van der Waals surface area contributed by atoms with Gasteiger partial charge in [0, 0.05) is 31.9 Å². The second kappa shape index (κ2) is 6.13. The van der Waals surface area contributed by atoms with Crippen molar-refractivity contribution in [1.29, 1.82) is 0 Å². The van der Waals surface area contributed by atoms with Gasteiger partial charge in [0.1, 0.15) is 0 Å². The van der Waals surface area contributed by atoms with Crippen molar-refractivity contribution in [3.05, 3.63) is 29.8 Å². The van der Waals surface area contributed by atoms with Gasteiger partial charge in [0.2, 0.25) is 0 Å². The first kappa shape index (κ1) is 16.6.